The Labute approximate surface area is 330 Å². The van der Waals surface area contributed by atoms with Crippen LogP contribution < -0.4 is 0 Å². The van der Waals surface area contributed by atoms with Crippen LogP contribution in [0.15, 0.2) is 97.1 Å². The van der Waals surface area contributed by atoms with Crippen molar-refractivity contribution in [3.8, 4) is 0 Å². The van der Waals surface area contributed by atoms with Gasteiger partial charge in [0.1, 0.15) is 0 Å². The fourth-order valence-electron chi connectivity index (χ4n) is 6.16. The second kappa shape index (κ2) is 17.5. The summed E-state index contributed by atoms with van der Waals surface area (Å²) in [6.45, 7) is 18.3. The number of alkyl halides is 6. The maximum absolute atomic E-state index is 12.7. The molecule has 0 unspecified atom stereocenters. The molecule has 0 radical (unpaired) electrons. The maximum atomic E-state index is 12.7. The summed E-state index contributed by atoms with van der Waals surface area (Å²) >= 11 is 0.729. The molecule has 0 nitrogen and oxygen atoms in total. The molecule has 1 aliphatic rings. The third-order valence-corrected chi connectivity index (χ3v) is 9.97. The van der Waals surface area contributed by atoms with E-state index in [-0.39, 0.29) is 46.8 Å². The van der Waals surface area contributed by atoms with Crippen molar-refractivity contribution in [2.75, 3.05) is 0 Å². The van der Waals surface area contributed by atoms with Gasteiger partial charge in [-0.15, -0.1) is 71.0 Å². The SMILES string of the molecule is Cc1cc2[cH-]c3cc(C)c(C(C)(C)C)cc3c2cc1C(C)(C)C.Cl.Cl.FC(F)(F)c1cccc([C](=[Zr+2])c2cccc(C(F)(F)F)c2)c1.[C-]1=CC=CC1. The normalized spacial score (nSPS) is 12.8. The molecule has 0 atom stereocenters. The second-order valence-electron chi connectivity index (χ2n) is 14.7. The van der Waals surface area contributed by atoms with Crippen molar-refractivity contribution in [1.29, 1.82) is 0 Å². The average molecular weight is 837 g/mol. The summed E-state index contributed by atoms with van der Waals surface area (Å²) in [5.74, 6) is 0. The monoisotopic (exact) mass is 834 g/mol. The molecule has 5 aromatic rings. The van der Waals surface area contributed by atoms with E-state index in [4.69, 9.17) is 0 Å². The standard InChI is InChI=1S/C23H29.C15H8F6.C5H5.2ClH.Zr/c1-14-9-16-11-17-10-15(2)21(23(6,7)8)13-19(17)18(16)12-20(14)22(3,4)5;16-14(17,18)12-5-1-3-10(8-12)7-11-4-2-6-13(9-11)15(19,20)21;1-2-4-5-3-1;;;/h9-13H,1-8H3;1-6,8-9H;1-3H,4H2;2*1H;/q-1;;-1;;;+2. The van der Waals surface area contributed by atoms with Crippen LogP contribution in [0, 0.1) is 19.9 Å². The number of aryl methyl sites for hydroxylation is 2. The first kappa shape index (κ1) is 45.3. The predicted molar refractivity (Wildman–Crippen MR) is 206 cm³/mol. The summed E-state index contributed by atoms with van der Waals surface area (Å²) in [7, 11) is 0. The van der Waals surface area contributed by atoms with Crippen LogP contribution >= 0.6 is 24.8 Å². The van der Waals surface area contributed by atoms with Gasteiger partial charge in [0.15, 0.2) is 0 Å². The Kier molecular flexibility index (Phi) is 15.3. The number of benzene rings is 4. The molecule has 5 aromatic carbocycles. The molecule has 6 rings (SSSR count). The summed E-state index contributed by atoms with van der Waals surface area (Å²) in [4.78, 5) is 0. The minimum Gasteiger partial charge on any atom is -0.273 e. The first-order valence-corrected chi connectivity index (χ1v) is 17.6. The van der Waals surface area contributed by atoms with Gasteiger partial charge in [0.05, 0.1) is 0 Å². The van der Waals surface area contributed by atoms with Crippen molar-refractivity contribution >= 4 is 49.6 Å². The van der Waals surface area contributed by atoms with Gasteiger partial charge < -0.3 is 0 Å². The number of fused-ring (bicyclic) bond motifs is 3. The number of allylic oxidation sites excluding steroid dienone is 4. The van der Waals surface area contributed by atoms with Crippen LogP contribution in [0.4, 0.5) is 26.3 Å². The van der Waals surface area contributed by atoms with Gasteiger partial charge >= 0.3 is 137 Å². The van der Waals surface area contributed by atoms with Crippen molar-refractivity contribution < 1.29 is 50.6 Å². The van der Waals surface area contributed by atoms with Crippen molar-refractivity contribution in [1.82, 2.24) is 0 Å². The molecule has 0 spiro atoms. The molecule has 0 saturated heterocycles. The fourth-order valence-corrected chi connectivity index (χ4v) is 6.92. The average Bonchev–Trinajstić information content (AvgIpc) is 3.70. The van der Waals surface area contributed by atoms with Gasteiger partial charge in [-0.05, 0) is 24.7 Å². The first-order chi connectivity index (χ1) is 23.1. The first-order valence-electron chi connectivity index (χ1n) is 16.4. The molecule has 9 heteroatoms. The van der Waals surface area contributed by atoms with E-state index in [2.05, 4.69) is 97.9 Å². The van der Waals surface area contributed by atoms with E-state index in [1.807, 2.05) is 12.2 Å². The minimum absolute atomic E-state index is 0. The van der Waals surface area contributed by atoms with Gasteiger partial charge in [0, 0.05) is 0 Å². The topological polar surface area (TPSA) is 0 Å². The maximum Gasteiger partial charge on any atom is -0.109 e. The molecular weight excluding hydrogens is 793 g/mol. The molecule has 1 aliphatic carbocycles. The van der Waals surface area contributed by atoms with E-state index in [0.717, 1.165) is 54.9 Å². The third-order valence-electron chi connectivity index (χ3n) is 8.55. The Bertz CT molecular complexity index is 1920. The number of halogens is 8. The molecule has 52 heavy (non-hydrogen) atoms. The Morgan fingerprint density at radius 3 is 1.33 bits per heavy atom. The molecule has 0 saturated carbocycles. The van der Waals surface area contributed by atoms with Gasteiger partial charge in [-0.3, -0.25) is 6.08 Å². The Morgan fingerprint density at radius 1 is 0.635 bits per heavy atom. The Morgan fingerprint density at radius 2 is 1.04 bits per heavy atom. The molecule has 0 aliphatic heterocycles. The number of hydrogen-bond acceptors (Lipinski definition) is 0. The van der Waals surface area contributed by atoms with Crippen LogP contribution in [-0.4, -0.2) is 3.21 Å². The van der Waals surface area contributed by atoms with E-state index in [9.17, 15) is 26.3 Å². The van der Waals surface area contributed by atoms with Crippen molar-refractivity contribution in [3.05, 3.63) is 148 Å². The zero-order chi connectivity index (χ0) is 37.2. The van der Waals surface area contributed by atoms with E-state index in [0.29, 0.717) is 3.21 Å². The molecule has 0 fully saturated rings. The Hall–Kier alpha value is -2.86. The molecule has 0 amide bonds. The van der Waals surface area contributed by atoms with Crippen LogP contribution in [0.1, 0.15) is 92.5 Å². The van der Waals surface area contributed by atoms with E-state index in [1.165, 1.54) is 68.1 Å². The van der Waals surface area contributed by atoms with Gasteiger partial charge in [-0.2, -0.15) is 6.08 Å². The molecule has 0 heterocycles. The summed E-state index contributed by atoms with van der Waals surface area (Å²) < 4.78 is 76.7. The zero-order valence-electron chi connectivity index (χ0n) is 30.5. The molecule has 0 N–H and O–H groups in total. The van der Waals surface area contributed by atoms with E-state index in [1.54, 1.807) is 0 Å². The summed E-state index contributed by atoms with van der Waals surface area (Å²) in [6.07, 6.45) is 1.03. The third kappa shape index (κ3) is 11.3. The van der Waals surface area contributed by atoms with E-state index >= 15 is 0 Å². The van der Waals surface area contributed by atoms with Crippen LogP contribution in [0.25, 0.3) is 21.5 Å². The molecule has 276 valence electrons. The van der Waals surface area contributed by atoms with Crippen molar-refractivity contribution in [2.45, 2.75) is 85.0 Å². The largest absolute Gasteiger partial charge is 0.273 e. The van der Waals surface area contributed by atoms with Crippen LogP contribution in [0.5, 0.6) is 0 Å². The van der Waals surface area contributed by atoms with E-state index < -0.39 is 23.5 Å². The summed E-state index contributed by atoms with van der Waals surface area (Å²) in [5, 5.41) is 5.55. The number of rotatable bonds is 2. The quantitative estimate of drug-likeness (QED) is 0.123. The Balaban J connectivity index is 0.000000307. The molecular formula is C43H44Cl2F6Zr. The van der Waals surface area contributed by atoms with Gasteiger partial charge in [-0.1, -0.05) is 75.9 Å². The predicted octanol–water partition coefficient (Wildman–Crippen LogP) is 13.9. The number of hydrogen-bond donors (Lipinski definition) is 0. The van der Waals surface area contributed by atoms with Gasteiger partial charge in [0.2, 0.25) is 0 Å². The zero-order valence-corrected chi connectivity index (χ0v) is 34.6. The second-order valence-corrected chi connectivity index (χ2v) is 15.9. The molecule has 0 bridgehead atoms. The smallest absolute Gasteiger partial charge is 0.109 e. The van der Waals surface area contributed by atoms with Gasteiger partial charge in [0.25, 0.3) is 0 Å². The summed E-state index contributed by atoms with van der Waals surface area (Å²) in [6, 6.07) is 21.1. The molecule has 0 aromatic heterocycles. The van der Waals surface area contributed by atoms with Crippen molar-refractivity contribution in [2.24, 2.45) is 0 Å². The summed E-state index contributed by atoms with van der Waals surface area (Å²) in [5.41, 5.74) is 4.96. The fraction of sp³-hybridized carbons (Fsp3) is 0.302. The van der Waals surface area contributed by atoms with Crippen molar-refractivity contribution in [3.63, 3.8) is 0 Å². The van der Waals surface area contributed by atoms with Crippen LogP contribution in [-0.2, 0) is 47.4 Å². The van der Waals surface area contributed by atoms with Gasteiger partial charge in [-0.25, -0.2) is 12.2 Å². The van der Waals surface area contributed by atoms with Crippen LogP contribution in [0.3, 0.4) is 0 Å². The van der Waals surface area contributed by atoms with Crippen LogP contribution in [0.2, 0.25) is 0 Å². The minimum atomic E-state index is -4.49.